The van der Waals surface area contributed by atoms with Crippen LogP contribution in [0.5, 0.6) is 5.75 Å². The molecule has 0 radical (unpaired) electrons. The highest BCUT2D eigenvalue weighted by atomic mass is 16.5. The molecule has 6 heteroatoms. The average Bonchev–Trinajstić information content (AvgIpc) is 2.78. The minimum atomic E-state index is 0.0232. The molecule has 0 fully saturated rings. The Balaban J connectivity index is 2.13. The molecule has 96 valence electrons. The maximum atomic E-state index is 9.74. The first kappa shape index (κ1) is 12.4. The lowest BCUT2D eigenvalue weighted by Gasteiger charge is -1.99. The average molecular weight is 249 g/mol. The molecule has 0 bridgehead atoms. The van der Waals surface area contributed by atoms with E-state index in [-0.39, 0.29) is 11.6 Å². The highest BCUT2D eigenvalue weighted by Gasteiger charge is 2.12. The molecule has 2 aromatic rings. The summed E-state index contributed by atoms with van der Waals surface area (Å²) in [5.41, 5.74) is 6.50. The summed E-state index contributed by atoms with van der Waals surface area (Å²) < 4.78 is 10.3. The number of nitrogen functional groups attached to an aromatic ring is 1. The van der Waals surface area contributed by atoms with E-state index >= 15 is 0 Å². The van der Waals surface area contributed by atoms with Crippen molar-refractivity contribution in [1.29, 1.82) is 0 Å². The number of phenols is 1. The Bertz CT molecular complexity index is 525. The van der Waals surface area contributed by atoms with Crippen LogP contribution in [0.25, 0.3) is 11.5 Å². The zero-order chi connectivity index (χ0) is 13.0. The normalized spacial score (nSPS) is 10.7. The van der Waals surface area contributed by atoms with E-state index in [1.165, 1.54) is 6.07 Å². The fraction of sp³-hybridized carbons (Fsp3) is 0.333. The Kier molecular flexibility index (Phi) is 3.78. The van der Waals surface area contributed by atoms with E-state index in [9.17, 15) is 5.11 Å². The molecule has 0 saturated carbocycles. The van der Waals surface area contributed by atoms with Crippen molar-refractivity contribution >= 4 is 5.69 Å². The van der Waals surface area contributed by atoms with Crippen LogP contribution in [0.3, 0.4) is 0 Å². The predicted molar refractivity (Wildman–Crippen MR) is 66.0 cm³/mol. The molecule has 2 rings (SSSR count). The Hall–Kier alpha value is -2.08. The van der Waals surface area contributed by atoms with Crippen LogP contribution in [0, 0.1) is 0 Å². The van der Waals surface area contributed by atoms with Crippen LogP contribution in [-0.2, 0) is 11.2 Å². The van der Waals surface area contributed by atoms with E-state index < -0.39 is 0 Å². The minimum Gasteiger partial charge on any atom is -0.507 e. The van der Waals surface area contributed by atoms with Crippen molar-refractivity contribution in [1.82, 2.24) is 10.1 Å². The first-order chi connectivity index (χ1) is 8.70. The van der Waals surface area contributed by atoms with Gasteiger partial charge in [-0.25, -0.2) is 0 Å². The highest BCUT2D eigenvalue weighted by Crippen LogP contribution is 2.29. The quantitative estimate of drug-likeness (QED) is 0.617. The molecule has 0 saturated heterocycles. The molecule has 1 aromatic heterocycles. The fourth-order valence-corrected chi connectivity index (χ4v) is 1.50. The number of hydrogen-bond donors (Lipinski definition) is 2. The zero-order valence-corrected chi connectivity index (χ0v) is 10.1. The molecule has 1 heterocycles. The van der Waals surface area contributed by atoms with Crippen molar-refractivity contribution in [3.05, 3.63) is 24.0 Å². The van der Waals surface area contributed by atoms with E-state index in [2.05, 4.69) is 10.1 Å². The largest absolute Gasteiger partial charge is 0.507 e. The number of phenolic OH excluding ortho intramolecular Hbond substituents is 1. The molecule has 0 atom stereocenters. The molecule has 0 aliphatic rings. The van der Waals surface area contributed by atoms with E-state index in [4.69, 9.17) is 15.0 Å². The lowest BCUT2D eigenvalue weighted by molar-refractivity contribution is 0.149. The molecule has 0 unspecified atom stereocenters. The molecule has 3 N–H and O–H groups in total. The molecule has 0 aliphatic carbocycles. The van der Waals surface area contributed by atoms with Crippen LogP contribution in [0.15, 0.2) is 22.7 Å². The van der Waals surface area contributed by atoms with Gasteiger partial charge in [0.2, 0.25) is 0 Å². The second-order valence-electron chi connectivity index (χ2n) is 3.74. The number of nitrogens with two attached hydrogens (primary N) is 1. The van der Waals surface area contributed by atoms with Gasteiger partial charge in [-0.3, -0.25) is 0 Å². The number of rotatable bonds is 5. The van der Waals surface area contributed by atoms with Gasteiger partial charge in [0.15, 0.2) is 5.82 Å². The number of aromatic nitrogens is 2. The summed E-state index contributed by atoms with van der Waals surface area (Å²) in [7, 11) is 0. The Labute approximate surface area is 104 Å². The van der Waals surface area contributed by atoms with Gasteiger partial charge in [-0.2, -0.15) is 4.98 Å². The second kappa shape index (κ2) is 5.50. The monoisotopic (exact) mass is 249 g/mol. The van der Waals surface area contributed by atoms with Crippen molar-refractivity contribution < 1.29 is 14.4 Å². The van der Waals surface area contributed by atoms with Crippen molar-refractivity contribution in [2.24, 2.45) is 0 Å². The van der Waals surface area contributed by atoms with Crippen LogP contribution >= 0.6 is 0 Å². The van der Waals surface area contributed by atoms with Crippen LogP contribution in [0.4, 0.5) is 5.69 Å². The number of ether oxygens (including phenoxy) is 1. The van der Waals surface area contributed by atoms with Gasteiger partial charge in [-0.1, -0.05) is 5.16 Å². The molecule has 0 aliphatic heterocycles. The zero-order valence-electron chi connectivity index (χ0n) is 10.1. The van der Waals surface area contributed by atoms with E-state index in [1.54, 1.807) is 12.1 Å². The Morgan fingerprint density at radius 1 is 1.44 bits per heavy atom. The van der Waals surface area contributed by atoms with Gasteiger partial charge in [0.05, 0.1) is 12.2 Å². The maximum Gasteiger partial charge on any atom is 0.261 e. The maximum absolute atomic E-state index is 9.74. The van der Waals surface area contributed by atoms with Gasteiger partial charge >= 0.3 is 0 Å². The standard InChI is InChI=1S/C12H15N3O3/c1-2-17-6-5-11-14-12(18-15-11)9-4-3-8(13)7-10(9)16/h3-4,7,16H,2,5-6,13H2,1H3. The molecule has 6 nitrogen and oxygen atoms in total. The van der Waals surface area contributed by atoms with Crippen molar-refractivity contribution in [2.75, 3.05) is 18.9 Å². The van der Waals surface area contributed by atoms with Crippen molar-refractivity contribution in [3.8, 4) is 17.2 Å². The van der Waals surface area contributed by atoms with Gasteiger partial charge in [0.25, 0.3) is 5.89 Å². The first-order valence-electron chi connectivity index (χ1n) is 5.70. The van der Waals surface area contributed by atoms with Crippen molar-refractivity contribution in [2.45, 2.75) is 13.3 Å². The summed E-state index contributed by atoms with van der Waals surface area (Å²) in [6, 6.07) is 4.75. The molecule has 0 amide bonds. The number of benzene rings is 1. The predicted octanol–water partition coefficient (Wildman–Crippen LogP) is 1.60. The van der Waals surface area contributed by atoms with E-state index in [0.29, 0.717) is 36.7 Å². The van der Waals surface area contributed by atoms with E-state index in [0.717, 1.165) is 0 Å². The Morgan fingerprint density at radius 2 is 2.28 bits per heavy atom. The molecule has 0 spiro atoms. The second-order valence-corrected chi connectivity index (χ2v) is 3.74. The molecular formula is C12H15N3O3. The lowest BCUT2D eigenvalue weighted by Crippen LogP contribution is -1.99. The van der Waals surface area contributed by atoms with Crippen LogP contribution in [-0.4, -0.2) is 28.5 Å². The summed E-state index contributed by atoms with van der Waals surface area (Å²) in [5, 5.41) is 13.6. The summed E-state index contributed by atoms with van der Waals surface area (Å²) in [6.07, 6.45) is 0.576. The summed E-state index contributed by atoms with van der Waals surface area (Å²) in [6.45, 7) is 3.13. The molecular weight excluding hydrogens is 234 g/mol. The third kappa shape index (κ3) is 2.78. The smallest absolute Gasteiger partial charge is 0.261 e. The fourth-order valence-electron chi connectivity index (χ4n) is 1.50. The summed E-state index contributed by atoms with van der Waals surface area (Å²) in [5.74, 6) is 0.851. The molecule has 1 aromatic carbocycles. The van der Waals surface area contributed by atoms with Gasteiger partial charge in [0, 0.05) is 24.8 Å². The third-order valence-electron chi connectivity index (χ3n) is 2.39. The van der Waals surface area contributed by atoms with E-state index in [1.807, 2.05) is 6.92 Å². The van der Waals surface area contributed by atoms with Crippen molar-refractivity contribution in [3.63, 3.8) is 0 Å². The Morgan fingerprint density at radius 3 is 3.00 bits per heavy atom. The summed E-state index contributed by atoms with van der Waals surface area (Å²) in [4.78, 5) is 4.18. The first-order valence-corrected chi connectivity index (χ1v) is 5.70. The van der Waals surface area contributed by atoms with Crippen LogP contribution < -0.4 is 5.73 Å². The number of hydrogen-bond acceptors (Lipinski definition) is 6. The number of aromatic hydroxyl groups is 1. The number of nitrogens with zero attached hydrogens (tertiary/aromatic N) is 2. The highest BCUT2D eigenvalue weighted by molar-refractivity contribution is 5.66. The third-order valence-corrected chi connectivity index (χ3v) is 2.39. The van der Waals surface area contributed by atoms with Gasteiger partial charge < -0.3 is 20.1 Å². The van der Waals surface area contributed by atoms with Gasteiger partial charge in [0.1, 0.15) is 5.75 Å². The van der Waals surface area contributed by atoms with Gasteiger partial charge in [-0.05, 0) is 19.1 Å². The SMILES string of the molecule is CCOCCc1noc(-c2ccc(N)cc2O)n1. The summed E-state index contributed by atoms with van der Waals surface area (Å²) >= 11 is 0. The number of anilines is 1. The topological polar surface area (TPSA) is 94.4 Å². The van der Waals surface area contributed by atoms with Crippen LogP contribution in [0.2, 0.25) is 0 Å². The lowest BCUT2D eigenvalue weighted by atomic mass is 10.2. The van der Waals surface area contributed by atoms with Crippen LogP contribution in [0.1, 0.15) is 12.7 Å². The van der Waals surface area contributed by atoms with Gasteiger partial charge in [-0.15, -0.1) is 0 Å². The minimum absolute atomic E-state index is 0.0232. The molecule has 18 heavy (non-hydrogen) atoms.